The normalized spacial score (nSPS) is 22.9. The van der Waals surface area contributed by atoms with Gasteiger partial charge in [-0.05, 0) is 25.2 Å². The van der Waals surface area contributed by atoms with Crippen LogP contribution < -0.4 is 0 Å². The molecule has 0 radical (unpaired) electrons. The Morgan fingerprint density at radius 1 is 1.30 bits per heavy atom. The Balaban J connectivity index is 2.06. The molecule has 1 amide bonds. The Morgan fingerprint density at radius 2 is 1.90 bits per heavy atom. The zero-order valence-corrected chi connectivity index (χ0v) is 12.0. The summed E-state index contributed by atoms with van der Waals surface area (Å²) in [6.45, 7) is 7.44. The van der Waals surface area contributed by atoms with Gasteiger partial charge in [0.25, 0.3) is 0 Å². The molecule has 2 atom stereocenters. The molecule has 0 bridgehead atoms. The number of likely N-dealkylation sites (tertiary alicyclic amines) is 1. The first-order valence-electron chi connectivity index (χ1n) is 6.79. The molecular weight excluding hydrogens is 260 g/mol. The topological polar surface area (TPSA) is 88.3 Å². The highest BCUT2D eigenvalue weighted by Gasteiger charge is 2.26. The number of carbonyl (C=O) groups excluding carboxylic acids is 1. The van der Waals surface area contributed by atoms with E-state index in [1.54, 1.807) is 6.92 Å². The zero-order valence-electron chi connectivity index (χ0n) is 12.0. The van der Waals surface area contributed by atoms with Crippen molar-refractivity contribution in [2.24, 2.45) is 11.8 Å². The lowest BCUT2D eigenvalue weighted by Crippen LogP contribution is -2.44. The Labute approximate surface area is 117 Å². The smallest absolute Gasteiger partial charge is 0.358 e. The summed E-state index contributed by atoms with van der Waals surface area (Å²) in [5, 5.41) is 16.3. The van der Waals surface area contributed by atoms with E-state index in [9.17, 15) is 9.59 Å². The van der Waals surface area contributed by atoms with Gasteiger partial charge in [0.15, 0.2) is 5.69 Å². The zero-order chi connectivity index (χ0) is 14.9. The highest BCUT2D eigenvalue weighted by molar-refractivity contribution is 5.86. The van der Waals surface area contributed by atoms with Crippen LogP contribution in [-0.4, -0.2) is 50.0 Å². The lowest BCUT2D eigenvalue weighted by Gasteiger charge is -2.35. The second-order valence-electron chi connectivity index (χ2n) is 5.73. The van der Waals surface area contributed by atoms with Crippen LogP contribution in [0.3, 0.4) is 0 Å². The highest BCUT2D eigenvalue weighted by atomic mass is 16.4. The Bertz CT molecular complexity index is 516. The van der Waals surface area contributed by atoms with Gasteiger partial charge in [-0.3, -0.25) is 4.79 Å². The van der Waals surface area contributed by atoms with Gasteiger partial charge >= 0.3 is 5.97 Å². The number of hydrogen-bond donors (Lipinski definition) is 1. The van der Waals surface area contributed by atoms with E-state index in [4.69, 9.17) is 5.11 Å². The minimum absolute atomic E-state index is 0.0339. The van der Waals surface area contributed by atoms with Gasteiger partial charge in [0.05, 0.1) is 5.69 Å². The van der Waals surface area contributed by atoms with Crippen molar-refractivity contribution in [3.63, 3.8) is 0 Å². The molecule has 0 saturated carbocycles. The predicted octanol–water partition coefficient (Wildman–Crippen LogP) is 0.789. The van der Waals surface area contributed by atoms with Crippen LogP contribution in [0.5, 0.6) is 0 Å². The average molecular weight is 280 g/mol. The first-order valence-corrected chi connectivity index (χ1v) is 6.79. The van der Waals surface area contributed by atoms with E-state index in [-0.39, 0.29) is 18.1 Å². The first kappa shape index (κ1) is 14.5. The molecule has 1 fully saturated rings. The van der Waals surface area contributed by atoms with Crippen LogP contribution in [0, 0.1) is 18.8 Å². The van der Waals surface area contributed by atoms with E-state index >= 15 is 0 Å². The number of rotatable bonds is 3. The van der Waals surface area contributed by atoms with Crippen LogP contribution in [0.2, 0.25) is 0 Å². The van der Waals surface area contributed by atoms with Crippen LogP contribution in [0.4, 0.5) is 0 Å². The van der Waals surface area contributed by atoms with Crippen molar-refractivity contribution < 1.29 is 14.7 Å². The van der Waals surface area contributed by atoms with Crippen molar-refractivity contribution in [1.29, 1.82) is 0 Å². The molecule has 0 aliphatic carbocycles. The van der Waals surface area contributed by atoms with Gasteiger partial charge in [-0.1, -0.05) is 19.1 Å². The number of carboxylic acids is 1. The maximum absolute atomic E-state index is 12.3. The Hall–Kier alpha value is -1.92. The number of carboxylic acid groups (broad SMARTS) is 1. The van der Waals surface area contributed by atoms with Crippen molar-refractivity contribution in [3.8, 4) is 0 Å². The lowest BCUT2D eigenvalue weighted by atomic mass is 9.92. The summed E-state index contributed by atoms with van der Waals surface area (Å²) < 4.78 is 1.36. The lowest BCUT2D eigenvalue weighted by molar-refractivity contribution is -0.134. The van der Waals surface area contributed by atoms with Crippen molar-refractivity contribution in [2.45, 2.75) is 33.7 Å². The summed E-state index contributed by atoms with van der Waals surface area (Å²) in [6, 6.07) is 0. The van der Waals surface area contributed by atoms with Crippen LogP contribution in [0.15, 0.2) is 0 Å². The SMILES string of the molecule is Cc1c(C(=O)O)nnn1CC(=O)N1CC(C)CC(C)C1. The van der Waals surface area contributed by atoms with Crippen LogP contribution in [0.1, 0.15) is 36.5 Å². The van der Waals surface area contributed by atoms with Crippen molar-refractivity contribution in [1.82, 2.24) is 19.9 Å². The molecule has 0 aromatic carbocycles. The molecule has 1 N–H and O–H groups in total. The molecule has 1 aliphatic heterocycles. The van der Waals surface area contributed by atoms with E-state index in [1.165, 1.54) is 4.68 Å². The summed E-state index contributed by atoms with van der Waals surface area (Å²) in [7, 11) is 0. The number of aromatic nitrogens is 3. The molecule has 2 unspecified atom stereocenters. The van der Waals surface area contributed by atoms with Gasteiger partial charge in [-0.2, -0.15) is 0 Å². The highest BCUT2D eigenvalue weighted by Crippen LogP contribution is 2.21. The third-order valence-electron chi connectivity index (χ3n) is 3.69. The first-order chi connectivity index (χ1) is 9.38. The minimum Gasteiger partial charge on any atom is -0.476 e. The second-order valence-corrected chi connectivity index (χ2v) is 5.73. The number of hydrogen-bond acceptors (Lipinski definition) is 4. The molecule has 2 rings (SSSR count). The Morgan fingerprint density at radius 3 is 2.40 bits per heavy atom. The van der Waals surface area contributed by atoms with E-state index in [0.29, 0.717) is 17.5 Å². The fourth-order valence-electron chi connectivity index (χ4n) is 2.80. The van der Waals surface area contributed by atoms with Crippen LogP contribution >= 0.6 is 0 Å². The van der Waals surface area contributed by atoms with Gasteiger partial charge in [-0.15, -0.1) is 5.10 Å². The molecule has 1 aliphatic rings. The predicted molar refractivity (Wildman–Crippen MR) is 71.2 cm³/mol. The molecule has 110 valence electrons. The third kappa shape index (κ3) is 2.97. The number of nitrogens with zero attached hydrogens (tertiary/aromatic N) is 4. The molecule has 7 heteroatoms. The van der Waals surface area contributed by atoms with Gasteiger partial charge in [0, 0.05) is 13.1 Å². The third-order valence-corrected chi connectivity index (χ3v) is 3.69. The largest absolute Gasteiger partial charge is 0.476 e. The van der Waals surface area contributed by atoms with Crippen LogP contribution in [-0.2, 0) is 11.3 Å². The number of aromatic carboxylic acids is 1. The molecule has 7 nitrogen and oxygen atoms in total. The van der Waals surface area contributed by atoms with Crippen molar-refractivity contribution in [3.05, 3.63) is 11.4 Å². The molecule has 1 aromatic rings. The van der Waals surface area contributed by atoms with Gasteiger partial charge < -0.3 is 10.0 Å². The average Bonchev–Trinajstić information content (AvgIpc) is 2.70. The fourth-order valence-corrected chi connectivity index (χ4v) is 2.80. The summed E-state index contributed by atoms with van der Waals surface area (Å²) in [4.78, 5) is 25.0. The molecule has 2 heterocycles. The summed E-state index contributed by atoms with van der Waals surface area (Å²) >= 11 is 0. The molecule has 20 heavy (non-hydrogen) atoms. The van der Waals surface area contributed by atoms with Crippen molar-refractivity contribution in [2.75, 3.05) is 13.1 Å². The number of piperidine rings is 1. The van der Waals surface area contributed by atoms with Crippen molar-refractivity contribution >= 4 is 11.9 Å². The maximum atomic E-state index is 12.3. The van der Waals surface area contributed by atoms with Gasteiger partial charge in [0.1, 0.15) is 6.54 Å². The standard InChI is InChI=1S/C13H20N4O3/c1-8-4-9(2)6-16(5-8)11(18)7-17-10(3)12(13(19)20)14-15-17/h8-9H,4-7H2,1-3H3,(H,19,20). The van der Waals surface area contributed by atoms with Gasteiger partial charge in [-0.25, -0.2) is 9.48 Å². The molecule has 1 saturated heterocycles. The minimum atomic E-state index is -1.12. The van der Waals surface area contributed by atoms with E-state index in [0.717, 1.165) is 19.5 Å². The summed E-state index contributed by atoms with van der Waals surface area (Å²) in [5.74, 6) is -0.169. The number of carbonyl (C=O) groups is 2. The fraction of sp³-hybridized carbons (Fsp3) is 0.692. The molecule has 0 spiro atoms. The molecule has 1 aromatic heterocycles. The maximum Gasteiger partial charge on any atom is 0.358 e. The quantitative estimate of drug-likeness (QED) is 0.884. The van der Waals surface area contributed by atoms with Crippen LogP contribution in [0.25, 0.3) is 0 Å². The van der Waals surface area contributed by atoms with E-state index < -0.39 is 5.97 Å². The van der Waals surface area contributed by atoms with Gasteiger partial charge in [0.2, 0.25) is 5.91 Å². The summed E-state index contributed by atoms with van der Waals surface area (Å²) in [6.07, 6.45) is 1.13. The molecular formula is C13H20N4O3. The van der Waals surface area contributed by atoms with E-state index in [1.807, 2.05) is 4.90 Å². The van der Waals surface area contributed by atoms with E-state index in [2.05, 4.69) is 24.2 Å². The number of amides is 1. The monoisotopic (exact) mass is 280 g/mol. The Kier molecular flexibility index (Phi) is 4.06. The second kappa shape index (κ2) is 5.60. The summed E-state index contributed by atoms with van der Waals surface area (Å²) in [5.41, 5.74) is 0.308.